The molecule has 0 rings (SSSR count). The summed E-state index contributed by atoms with van der Waals surface area (Å²) in [6, 6.07) is 0. The molecular weight excluding hydrogens is 895 g/mol. The van der Waals surface area contributed by atoms with E-state index in [9.17, 15) is 24.6 Å². The van der Waals surface area contributed by atoms with E-state index in [0.717, 1.165) is 110 Å². The summed E-state index contributed by atoms with van der Waals surface area (Å²) in [5.41, 5.74) is 0. The molecule has 0 saturated carbocycles. The van der Waals surface area contributed by atoms with E-state index in [2.05, 4.69) is 63.5 Å². The molecule has 422 valence electrons. The quantitative estimate of drug-likeness (QED) is 0.0341. The molecule has 0 amide bonds. The maximum atomic E-state index is 13.2. The number of nitrogens with zero attached hydrogens (tertiary/aromatic N) is 3. The summed E-state index contributed by atoms with van der Waals surface area (Å²) < 4.78 is 23.0. The Morgan fingerprint density at radius 2 is 0.972 bits per heavy atom. The first kappa shape index (κ1) is 69.2. The van der Waals surface area contributed by atoms with Gasteiger partial charge in [0.2, 0.25) is 0 Å². The van der Waals surface area contributed by atoms with E-state index in [4.69, 9.17) is 18.9 Å². The lowest BCUT2D eigenvalue weighted by atomic mass is 9.94. The molecule has 0 aromatic carbocycles. The van der Waals surface area contributed by atoms with Gasteiger partial charge >= 0.3 is 17.9 Å². The fourth-order valence-electron chi connectivity index (χ4n) is 9.54. The van der Waals surface area contributed by atoms with Gasteiger partial charge in [-0.05, 0) is 111 Å². The number of unbranched alkanes of at least 4 members (excludes halogenated alkanes) is 22. The Balaban J connectivity index is 5.55. The molecule has 12 heteroatoms. The van der Waals surface area contributed by atoms with Crippen LogP contribution in [-0.2, 0) is 33.3 Å². The van der Waals surface area contributed by atoms with E-state index in [1.807, 2.05) is 0 Å². The molecule has 0 aromatic heterocycles. The summed E-state index contributed by atoms with van der Waals surface area (Å²) in [5, 5.41) is 21.9. The lowest BCUT2D eigenvalue weighted by molar-refractivity contribution is -0.155. The van der Waals surface area contributed by atoms with E-state index in [1.54, 1.807) is 0 Å². The van der Waals surface area contributed by atoms with Crippen LogP contribution in [0.1, 0.15) is 252 Å². The van der Waals surface area contributed by atoms with Gasteiger partial charge in [-0.2, -0.15) is 0 Å². The largest absolute Gasteiger partial charge is 0.467 e. The summed E-state index contributed by atoms with van der Waals surface area (Å²) in [6.07, 6.45) is 35.2. The lowest BCUT2D eigenvalue weighted by Gasteiger charge is -2.32. The van der Waals surface area contributed by atoms with Gasteiger partial charge in [-0.3, -0.25) is 14.5 Å². The van der Waals surface area contributed by atoms with E-state index < -0.39 is 18.2 Å². The van der Waals surface area contributed by atoms with Crippen LogP contribution in [-0.4, -0.2) is 148 Å². The molecular formula is C59H117N3O9. The molecule has 0 fully saturated rings. The van der Waals surface area contributed by atoms with Crippen molar-refractivity contribution in [3.8, 4) is 0 Å². The summed E-state index contributed by atoms with van der Waals surface area (Å²) in [5.74, 6) is -0.846. The Morgan fingerprint density at radius 3 is 1.52 bits per heavy atom. The highest BCUT2D eigenvalue weighted by molar-refractivity contribution is 5.74. The molecule has 2 N–H and O–H groups in total. The monoisotopic (exact) mass is 1010 g/mol. The topological polar surface area (TPSA) is 138 Å². The Labute approximate surface area is 438 Å². The van der Waals surface area contributed by atoms with Crippen LogP contribution in [0.3, 0.4) is 0 Å². The van der Waals surface area contributed by atoms with Gasteiger partial charge in [0.1, 0.15) is 6.10 Å². The van der Waals surface area contributed by atoms with E-state index in [-0.39, 0.29) is 36.7 Å². The number of aliphatic hydroxyl groups excluding tert-OH is 2. The predicted octanol–water partition coefficient (Wildman–Crippen LogP) is 12.9. The number of carbonyl (C=O) groups is 3. The number of hydrogen-bond acceptors (Lipinski definition) is 12. The SMILES string of the molecule is CCCCCCCCC(CCCCCCCC)OC(=O)CCCCC(O)CN(CCCCCCOC(=O)C(CCCCCC)CCCCCCCC)CC(CN(C)CCCN(C)C)OCC(O)C(=O)OC. The van der Waals surface area contributed by atoms with Crippen molar-refractivity contribution in [3.63, 3.8) is 0 Å². The Hall–Kier alpha value is -1.83. The van der Waals surface area contributed by atoms with E-state index in [0.29, 0.717) is 45.5 Å². The zero-order valence-electron chi connectivity index (χ0n) is 47.9. The van der Waals surface area contributed by atoms with Crippen LogP contribution < -0.4 is 0 Å². The summed E-state index contributed by atoms with van der Waals surface area (Å²) in [7, 11) is 7.45. The number of hydrogen-bond donors (Lipinski definition) is 2. The van der Waals surface area contributed by atoms with Crippen LogP contribution in [0, 0.1) is 5.92 Å². The second-order valence-corrected chi connectivity index (χ2v) is 21.5. The number of carbonyl (C=O) groups excluding carboxylic acids is 3. The number of esters is 3. The van der Waals surface area contributed by atoms with Gasteiger partial charge in [0.25, 0.3) is 0 Å². The van der Waals surface area contributed by atoms with Crippen LogP contribution in [0.5, 0.6) is 0 Å². The normalized spacial score (nSPS) is 13.6. The van der Waals surface area contributed by atoms with Gasteiger partial charge in [-0.25, -0.2) is 4.79 Å². The van der Waals surface area contributed by atoms with Crippen LogP contribution >= 0.6 is 0 Å². The van der Waals surface area contributed by atoms with Crippen molar-refractivity contribution < 1.29 is 43.5 Å². The van der Waals surface area contributed by atoms with Gasteiger partial charge in [-0.1, -0.05) is 175 Å². The molecule has 0 heterocycles. The fourth-order valence-corrected chi connectivity index (χ4v) is 9.54. The van der Waals surface area contributed by atoms with Crippen LogP contribution in [0.2, 0.25) is 0 Å². The minimum Gasteiger partial charge on any atom is -0.467 e. The zero-order chi connectivity index (χ0) is 52.6. The first-order valence-corrected chi connectivity index (χ1v) is 29.9. The Bertz CT molecular complexity index is 1180. The van der Waals surface area contributed by atoms with E-state index >= 15 is 0 Å². The average molecular weight is 1010 g/mol. The number of rotatable bonds is 54. The van der Waals surface area contributed by atoms with Crippen molar-refractivity contribution in [3.05, 3.63) is 0 Å². The minimum absolute atomic E-state index is 0.00196. The third kappa shape index (κ3) is 44.2. The molecule has 0 aliphatic rings. The lowest BCUT2D eigenvalue weighted by Crippen LogP contribution is -2.45. The molecule has 0 radical (unpaired) electrons. The number of likely N-dealkylation sites (N-methyl/N-ethyl adjacent to an activating group) is 1. The van der Waals surface area contributed by atoms with Crippen molar-refractivity contribution in [2.45, 2.75) is 277 Å². The highest BCUT2D eigenvalue weighted by Gasteiger charge is 2.24. The second kappa shape index (κ2) is 50.3. The third-order valence-electron chi connectivity index (χ3n) is 14.0. The summed E-state index contributed by atoms with van der Waals surface area (Å²) in [4.78, 5) is 45.1. The maximum absolute atomic E-state index is 13.2. The maximum Gasteiger partial charge on any atom is 0.337 e. The average Bonchev–Trinajstić information content (AvgIpc) is 3.34. The molecule has 0 spiro atoms. The number of aliphatic hydroxyl groups is 2. The number of methoxy groups -OCH3 is 1. The molecule has 12 nitrogen and oxygen atoms in total. The number of ether oxygens (including phenoxy) is 4. The van der Waals surface area contributed by atoms with Gasteiger partial charge in [-0.15, -0.1) is 0 Å². The van der Waals surface area contributed by atoms with Crippen molar-refractivity contribution >= 4 is 17.9 Å². The van der Waals surface area contributed by atoms with Crippen LogP contribution in [0.15, 0.2) is 0 Å². The van der Waals surface area contributed by atoms with Gasteiger partial charge < -0.3 is 39.0 Å². The first-order valence-electron chi connectivity index (χ1n) is 29.9. The standard InChI is InChI=1S/C59H117N3O9/c1-9-13-17-21-24-30-39-52(38-29-20-16-12-4)58(66)69-47-36-28-27-35-46-62(50-55(70-51-56(64)59(67)68-8)49-61(7)45-37-44-60(5)6)48-53(63)40-33-34-43-57(65)71-54(41-31-25-22-18-14-10-2)42-32-26-23-19-15-11-3/h52-56,63-64H,9-51H2,1-8H3. The molecule has 4 unspecified atom stereocenters. The Kier molecular flexibility index (Phi) is 49.0. The Morgan fingerprint density at radius 1 is 0.479 bits per heavy atom. The van der Waals surface area contributed by atoms with E-state index in [1.165, 1.54) is 123 Å². The molecule has 0 aliphatic heterocycles. The summed E-state index contributed by atoms with van der Waals surface area (Å²) >= 11 is 0. The highest BCUT2D eigenvalue weighted by Crippen LogP contribution is 2.22. The van der Waals surface area contributed by atoms with Gasteiger partial charge in [0.15, 0.2) is 6.10 Å². The fraction of sp³-hybridized carbons (Fsp3) is 0.949. The molecule has 0 aliphatic carbocycles. The molecule has 0 bridgehead atoms. The van der Waals surface area contributed by atoms with Crippen molar-refractivity contribution in [2.75, 3.05) is 80.7 Å². The predicted molar refractivity (Wildman–Crippen MR) is 295 cm³/mol. The molecule has 71 heavy (non-hydrogen) atoms. The smallest absolute Gasteiger partial charge is 0.337 e. The molecule has 4 atom stereocenters. The van der Waals surface area contributed by atoms with Crippen LogP contribution in [0.4, 0.5) is 0 Å². The van der Waals surface area contributed by atoms with Crippen molar-refractivity contribution in [1.82, 2.24) is 14.7 Å². The van der Waals surface area contributed by atoms with Gasteiger partial charge in [0, 0.05) is 26.1 Å². The van der Waals surface area contributed by atoms with Crippen molar-refractivity contribution in [1.29, 1.82) is 0 Å². The highest BCUT2D eigenvalue weighted by atomic mass is 16.6. The second-order valence-electron chi connectivity index (χ2n) is 21.5. The van der Waals surface area contributed by atoms with Gasteiger partial charge in [0.05, 0.1) is 38.4 Å². The van der Waals surface area contributed by atoms with Crippen molar-refractivity contribution in [2.24, 2.45) is 5.92 Å². The zero-order valence-corrected chi connectivity index (χ0v) is 47.9. The first-order chi connectivity index (χ1) is 34.4. The minimum atomic E-state index is -1.38. The summed E-state index contributed by atoms with van der Waals surface area (Å²) in [6.45, 7) is 13.4. The molecule has 0 saturated heterocycles. The van der Waals surface area contributed by atoms with Crippen LogP contribution in [0.25, 0.3) is 0 Å². The molecule has 0 aromatic rings. The third-order valence-corrected chi connectivity index (χ3v) is 14.0.